The lowest BCUT2D eigenvalue weighted by atomic mass is 10.1. The zero-order valence-corrected chi connectivity index (χ0v) is 17.4. The summed E-state index contributed by atoms with van der Waals surface area (Å²) in [5.41, 5.74) is 2.26. The van der Waals surface area contributed by atoms with Crippen LogP contribution in [0.5, 0.6) is 5.75 Å². The number of hydrogen-bond acceptors (Lipinski definition) is 4. The summed E-state index contributed by atoms with van der Waals surface area (Å²) in [6, 6.07) is 7.50. The molecule has 1 heterocycles. The number of halogens is 3. The van der Waals surface area contributed by atoms with E-state index >= 15 is 0 Å². The Morgan fingerprint density at radius 2 is 1.73 bits per heavy atom. The SMILES string of the molecule is Cc1cc(C)c(S(=O)(=O)NC2CCN(c3cccc(OC(F)(F)F)c3)C2=O)c(C)c1. The number of nitrogens with one attached hydrogen (secondary N) is 1. The number of rotatable bonds is 5. The Morgan fingerprint density at radius 3 is 2.33 bits per heavy atom. The molecular weight excluding hydrogens is 421 g/mol. The first-order chi connectivity index (χ1) is 13.9. The van der Waals surface area contributed by atoms with E-state index in [2.05, 4.69) is 9.46 Å². The first-order valence-corrected chi connectivity index (χ1v) is 10.6. The Kier molecular flexibility index (Phi) is 5.83. The van der Waals surface area contributed by atoms with Gasteiger partial charge >= 0.3 is 6.36 Å². The topological polar surface area (TPSA) is 75.7 Å². The Hall–Kier alpha value is -2.59. The summed E-state index contributed by atoms with van der Waals surface area (Å²) in [7, 11) is -3.96. The van der Waals surface area contributed by atoms with Crippen molar-refractivity contribution >= 4 is 21.6 Å². The maximum atomic E-state index is 12.9. The quantitative estimate of drug-likeness (QED) is 0.768. The van der Waals surface area contributed by atoms with Crippen LogP contribution in [-0.2, 0) is 14.8 Å². The van der Waals surface area contributed by atoms with Gasteiger partial charge in [0.25, 0.3) is 0 Å². The van der Waals surface area contributed by atoms with E-state index in [1.54, 1.807) is 26.0 Å². The minimum absolute atomic E-state index is 0.125. The number of alkyl halides is 3. The van der Waals surface area contributed by atoms with E-state index in [4.69, 9.17) is 0 Å². The van der Waals surface area contributed by atoms with E-state index in [-0.39, 0.29) is 23.5 Å². The summed E-state index contributed by atoms with van der Waals surface area (Å²) in [6.45, 7) is 5.39. The standard InChI is InChI=1S/C20H21F3N2O4S/c1-12-9-13(2)18(14(3)10-12)30(27,28)24-17-7-8-25(19(17)26)15-5-4-6-16(11-15)29-20(21,22)23/h4-6,9-11,17,24H,7-8H2,1-3H3. The van der Waals surface area contributed by atoms with Crippen molar-refractivity contribution in [1.82, 2.24) is 4.72 Å². The van der Waals surface area contributed by atoms with Crippen LogP contribution in [0.1, 0.15) is 23.1 Å². The second-order valence-electron chi connectivity index (χ2n) is 7.23. The van der Waals surface area contributed by atoms with Crippen LogP contribution in [0.4, 0.5) is 18.9 Å². The molecule has 0 bridgehead atoms. The number of ether oxygens (including phenoxy) is 1. The Labute approximate surface area is 172 Å². The van der Waals surface area contributed by atoms with Crippen LogP contribution in [-0.4, -0.2) is 33.3 Å². The van der Waals surface area contributed by atoms with Crippen molar-refractivity contribution in [3.63, 3.8) is 0 Å². The highest BCUT2D eigenvalue weighted by Gasteiger charge is 2.37. The van der Waals surface area contributed by atoms with Crippen molar-refractivity contribution in [1.29, 1.82) is 0 Å². The van der Waals surface area contributed by atoms with Crippen LogP contribution in [0.2, 0.25) is 0 Å². The van der Waals surface area contributed by atoms with Gasteiger partial charge in [-0.3, -0.25) is 4.79 Å². The van der Waals surface area contributed by atoms with E-state index in [1.165, 1.54) is 17.0 Å². The summed E-state index contributed by atoms with van der Waals surface area (Å²) in [4.78, 5) is 14.1. The van der Waals surface area contributed by atoms with Crippen molar-refractivity contribution in [2.24, 2.45) is 0 Å². The second-order valence-corrected chi connectivity index (χ2v) is 8.88. The minimum atomic E-state index is -4.85. The first kappa shape index (κ1) is 22.1. The Balaban J connectivity index is 1.80. The van der Waals surface area contributed by atoms with E-state index in [9.17, 15) is 26.4 Å². The molecule has 1 N–H and O–H groups in total. The molecule has 10 heteroatoms. The number of hydrogen-bond donors (Lipinski definition) is 1. The van der Waals surface area contributed by atoms with Gasteiger partial charge in [-0.25, -0.2) is 8.42 Å². The molecule has 0 radical (unpaired) electrons. The fraction of sp³-hybridized carbons (Fsp3) is 0.350. The monoisotopic (exact) mass is 442 g/mol. The highest BCUT2D eigenvalue weighted by atomic mass is 32.2. The molecule has 2 aromatic carbocycles. The van der Waals surface area contributed by atoms with E-state index < -0.39 is 34.1 Å². The van der Waals surface area contributed by atoms with Crippen LogP contribution in [0.15, 0.2) is 41.3 Å². The number of carbonyl (C=O) groups excluding carboxylic acids is 1. The second kappa shape index (κ2) is 7.92. The zero-order chi connectivity index (χ0) is 22.3. The van der Waals surface area contributed by atoms with Gasteiger partial charge in [0.15, 0.2) is 0 Å². The van der Waals surface area contributed by atoms with E-state index in [0.29, 0.717) is 11.1 Å². The molecule has 1 aliphatic heterocycles. The van der Waals surface area contributed by atoms with Gasteiger partial charge in [0.1, 0.15) is 11.8 Å². The highest BCUT2D eigenvalue weighted by molar-refractivity contribution is 7.89. The molecule has 1 atom stereocenters. The largest absolute Gasteiger partial charge is 0.573 e. The first-order valence-electron chi connectivity index (χ1n) is 9.15. The number of anilines is 1. The summed E-state index contributed by atoms with van der Waals surface area (Å²) < 4.78 is 69.5. The van der Waals surface area contributed by atoms with Crippen molar-refractivity contribution in [2.75, 3.05) is 11.4 Å². The van der Waals surface area contributed by atoms with Crippen LogP contribution in [0.3, 0.4) is 0 Å². The van der Waals surface area contributed by atoms with Gasteiger partial charge in [0, 0.05) is 18.3 Å². The normalized spacial score (nSPS) is 17.5. The molecule has 3 rings (SSSR count). The summed E-state index contributed by atoms with van der Waals surface area (Å²) >= 11 is 0. The molecule has 1 unspecified atom stereocenters. The zero-order valence-electron chi connectivity index (χ0n) is 16.6. The summed E-state index contributed by atoms with van der Waals surface area (Å²) in [5.74, 6) is -0.993. The van der Waals surface area contributed by atoms with E-state index in [0.717, 1.165) is 17.7 Å². The van der Waals surface area contributed by atoms with Gasteiger partial charge in [-0.15, -0.1) is 13.2 Å². The fourth-order valence-electron chi connectivity index (χ4n) is 3.73. The third-order valence-corrected chi connectivity index (χ3v) is 6.52. The van der Waals surface area contributed by atoms with Gasteiger partial charge in [0.05, 0.1) is 4.90 Å². The minimum Gasteiger partial charge on any atom is -0.406 e. The van der Waals surface area contributed by atoms with Gasteiger partial charge in [0.2, 0.25) is 15.9 Å². The number of nitrogens with zero attached hydrogens (tertiary/aromatic N) is 1. The lowest BCUT2D eigenvalue weighted by molar-refractivity contribution is -0.274. The third kappa shape index (κ3) is 4.76. The predicted molar refractivity (Wildman–Crippen MR) is 105 cm³/mol. The van der Waals surface area contributed by atoms with E-state index in [1.807, 2.05) is 6.92 Å². The molecule has 1 aliphatic rings. The number of carbonyl (C=O) groups is 1. The smallest absolute Gasteiger partial charge is 0.406 e. The van der Waals surface area contributed by atoms with Crippen molar-refractivity contribution in [3.05, 3.63) is 53.1 Å². The molecule has 6 nitrogen and oxygen atoms in total. The number of amides is 1. The molecule has 0 saturated carbocycles. The summed E-state index contributed by atoms with van der Waals surface area (Å²) in [5, 5.41) is 0. The van der Waals surface area contributed by atoms with Gasteiger partial charge in [-0.05, 0) is 50.5 Å². The number of sulfonamides is 1. The molecule has 0 spiro atoms. The number of aryl methyl sites for hydroxylation is 3. The molecule has 0 aliphatic carbocycles. The lowest BCUT2D eigenvalue weighted by Crippen LogP contribution is -2.41. The fourth-order valence-corrected chi connectivity index (χ4v) is 5.41. The van der Waals surface area contributed by atoms with Crippen molar-refractivity contribution in [2.45, 2.75) is 44.5 Å². The van der Waals surface area contributed by atoms with Crippen LogP contribution in [0.25, 0.3) is 0 Å². The molecule has 2 aromatic rings. The maximum absolute atomic E-state index is 12.9. The van der Waals surface area contributed by atoms with Crippen molar-refractivity contribution < 1.29 is 31.1 Å². The molecule has 0 aromatic heterocycles. The predicted octanol–water partition coefficient (Wildman–Crippen LogP) is 3.59. The Bertz CT molecular complexity index is 1060. The van der Waals surface area contributed by atoms with Gasteiger partial charge in [-0.2, -0.15) is 4.72 Å². The average molecular weight is 442 g/mol. The van der Waals surface area contributed by atoms with Crippen molar-refractivity contribution in [3.8, 4) is 5.75 Å². The third-order valence-electron chi connectivity index (χ3n) is 4.74. The molecular formula is C20H21F3N2O4S. The highest BCUT2D eigenvalue weighted by Crippen LogP contribution is 2.30. The molecule has 1 fully saturated rings. The molecule has 1 amide bonds. The molecule has 30 heavy (non-hydrogen) atoms. The van der Waals surface area contributed by atoms with Gasteiger partial charge < -0.3 is 9.64 Å². The van der Waals surface area contributed by atoms with Crippen LogP contribution >= 0.6 is 0 Å². The summed E-state index contributed by atoms with van der Waals surface area (Å²) in [6.07, 6.45) is -4.66. The maximum Gasteiger partial charge on any atom is 0.573 e. The van der Waals surface area contributed by atoms with Gasteiger partial charge in [-0.1, -0.05) is 23.8 Å². The number of benzene rings is 2. The molecule has 162 valence electrons. The van der Waals surface area contributed by atoms with Crippen LogP contribution in [0, 0.1) is 20.8 Å². The molecule has 1 saturated heterocycles. The van der Waals surface area contributed by atoms with Crippen LogP contribution < -0.4 is 14.4 Å². The Morgan fingerprint density at radius 1 is 1.10 bits per heavy atom. The lowest BCUT2D eigenvalue weighted by Gasteiger charge is -2.19. The average Bonchev–Trinajstić information content (AvgIpc) is 2.92.